The van der Waals surface area contributed by atoms with Crippen molar-refractivity contribution in [2.75, 3.05) is 0 Å². The normalized spacial score (nSPS) is 10.2. The number of aryl methyl sites for hydroxylation is 1. The summed E-state index contributed by atoms with van der Waals surface area (Å²) in [6.45, 7) is 1.53. The van der Waals surface area contributed by atoms with E-state index in [0.717, 1.165) is 0 Å². The van der Waals surface area contributed by atoms with E-state index < -0.39 is 6.43 Å². The van der Waals surface area contributed by atoms with E-state index in [1.165, 1.54) is 13.0 Å². The Morgan fingerprint density at radius 2 is 2.23 bits per heavy atom. The highest BCUT2D eigenvalue weighted by Crippen LogP contribution is 2.24. The molecule has 1 heterocycles. The van der Waals surface area contributed by atoms with Gasteiger partial charge in [-0.2, -0.15) is 5.26 Å². The Morgan fingerprint density at radius 1 is 1.62 bits per heavy atom. The Hall–Kier alpha value is -1.02. The molecule has 1 aromatic rings. The smallest absolute Gasteiger partial charge is 0.235 e. The second-order valence-electron chi connectivity index (χ2n) is 2.43. The Bertz CT molecular complexity index is 371. The number of halogens is 3. The van der Waals surface area contributed by atoms with Crippen LogP contribution in [-0.2, 0) is 0 Å². The molecule has 13 heavy (non-hydrogen) atoms. The molecule has 1 aromatic heterocycles. The van der Waals surface area contributed by atoms with Crippen LogP contribution in [0.3, 0.4) is 0 Å². The lowest BCUT2D eigenvalue weighted by Gasteiger charge is -2.04. The van der Waals surface area contributed by atoms with Crippen LogP contribution in [0.2, 0.25) is 0 Å². The van der Waals surface area contributed by atoms with E-state index in [1.54, 1.807) is 6.07 Å². The van der Waals surface area contributed by atoms with Crippen LogP contribution >= 0.6 is 15.9 Å². The van der Waals surface area contributed by atoms with E-state index >= 15 is 0 Å². The summed E-state index contributed by atoms with van der Waals surface area (Å²) in [5.74, 6) is 0. The molecule has 68 valence electrons. The van der Waals surface area contributed by atoms with Crippen molar-refractivity contribution >= 4 is 15.9 Å². The summed E-state index contributed by atoms with van der Waals surface area (Å²) >= 11 is 3.06. The lowest BCUT2D eigenvalue weighted by Crippen LogP contribution is -1.97. The first-order valence-electron chi connectivity index (χ1n) is 3.41. The van der Waals surface area contributed by atoms with E-state index in [0.29, 0.717) is 10.0 Å². The van der Waals surface area contributed by atoms with Gasteiger partial charge in [-0.3, -0.25) is 0 Å². The molecular weight excluding hydrogens is 242 g/mol. The monoisotopic (exact) mass is 246 g/mol. The summed E-state index contributed by atoms with van der Waals surface area (Å²) in [6.07, 6.45) is -2.64. The zero-order valence-corrected chi connectivity index (χ0v) is 8.27. The molecule has 0 fully saturated rings. The quantitative estimate of drug-likeness (QED) is 0.764. The molecule has 0 bridgehead atoms. The number of nitriles is 1. The number of pyridine rings is 1. The number of alkyl halides is 2. The lowest BCUT2D eigenvalue weighted by molar-refractivity contribution is 0.145. The SMILES string of the molecule is Cc1cc(Br)c(C#N)nc1C(F)F. The molecule has 0 spiro atoms. The van der Waals surface area contributed by atoms with Gasteiger partial charge >= 0.3 is 0 Å². The third kappa shape index (κ3) is 2.01. The first-order chi connectivity index (χ1) is 6.06. The van der Waals surface area contributed by atoms with Crippen LogP contribution in [0.1, 0.15) is 23.4 Å². The number of hydrogen-bond acceptors (Lipinski definition) is 2. The first kappa shape index (κ1) is 10.1. The highest BCUT2D eigenvalue weighted by molar-refractivity contribution is 9.10. The Morgan fingerprint density at radius 3 is 2.69 bits per heavy atom. The standard InChI is InChI=1S/C8H5BrF2N2/c1-4-2-5(9)6(3-12)13-7(4)8(10)11/h2,8H,1H3. The molecule has 0 N–H and O–H groups in total. The highest BCUT2D eigenvalue weighted by atomic mass is 79.9. The third-order valence-electron chi connectivity index (χ3n) is 1.52. The lowest BCUT2D eigenvalue weighted by atomic mass is 10.2. The van der Waals surface area contributed by atoms with Crippen molar-refractivity contribution in [1.82, 2.24) is 4.98 Å². The highest BCUT2D eigenvalue weighted by Gasteiger charge is 2.15. The van der Waals surface area contributed by atoms with Gasteiger partial charge in [-0.15, -0.1) is 0 Å². The summed E-state index contributed by atoms with van der Waals surface area (Å²) in [4.78, 5) is 3.53. The van der Waals surface area contributed by atoms with Crippen LogP contribution < -0.4 is 0 Å². The van der Waals surface area contributed by atoms with Crippen molar-refractivity contribution in [3.8, 4) is 6.07 Å². The van der Waals surface area contributed by atoms with Crippen LogP contribution in [0.25, 0.3) is 0 Å². The summed E-state index contributed by atoms with van der Waals surface area (Å²) in [6, 6.07) is 3.19. The van der Waals surface area contributed by atoms with Gasteiger partial charge in [0, 0.05) is 0 Å². The molecular formula is C8H5BrF2N2. The van der Waals surface area contributed by atoms with Gasteiger partial charge in [-0.1, -0.05) is 0 Å². The molecule has 0 aliphatic heterocycles. The Labute approximate surface area is 82.3 Å². The molecule has 0 radical (unpaired) electrons. The number of aromatic nitrogens is 1. The van der Waals surface area contributed by atoms with E-state index in [2.05, 4.69) is 20.9 Å². The summed E-state index contributed by atoms with van der Waals surface area (Å²) < 4.78 is 25.0. The van der Waals surface area contributed by atoms with Crippen LogP contribution in [0.4, 0.5) is 8.78 Å². The molecule has 0 saturated heterocycles. The van der Waals surface area contributed by atoms with Crippen molar-refractivity contribution in [3.63, 3.8) is 0 Å². The van der Waals surface area contributed by atoms with Gasteiger partial charge in [0.05, 0.1) is 4.47 Å². The van der Waals surface area contributed by atoms with Crippen LogP contribution in [0, 0.1) is 18.3 Å². The minimum absolute atomic E-state index is 0.0131. The van der Waals surface area contributed by atoms with Crippen molar-refractivity contribution < 1.29 is 8.78 Å². The van der Waals surface area contributed by atoms with Crippen molar-refractivity contribution in [2.24, 2.45) is 0 Å². The summed E-state index contributed by atoms with van der Waals surface area (Å²) in [5, 5.41) is 8.53. The molecule has 5 heteroatoms. The zero-order valence-electron chi connectivity index (χ0n) is 6.68. The fourth-order valence-electron chi connectivity index (χ4n) is 0.894. The molecule has 0 atom stereocenters. The third-order valence-corrected chi connectivity index (χ3v) is 2.12. The Balaban J connectivity index is 3.33. The number of rotatable bonds is 1. The maximum absolute atomic E-state index is 12.3. The van der Waals surface area contributed by atoms with Gasteiger partial charge in [0.1, 0.15) is 11.8 Å². The van der Waals surface area contributed by atoms with Crippen LogP contribution in [0.15, 0.2) is 10.5 Å². The summed E-state index contributed by atoms with van der Waals surface area (Å²) in [7, 11) is 0. The second-order valence-corrected chi connectivity index (χ2v) is 3.29. The average Bonchev–Trinajstić information content (AvgIpc) is 2.03. The second kappa shape index (κ2) is 3.79. The molecule has 0 aliphatic rings. The molecule has 0 saturated carbocycles. The average molecular weight is 247 g/mol. The van der Waals surface area contributed by atoms with Crippen LogP contribution in [0.5, 0.6) is 0 Å². The molecule has 2 nitrogen and oxygen atoms in total. The zero-order chi connectivity index (χ0) is 10.0. The molecule has 0 aliphatic carbocycles. The fourth-order valence-corrected chi connectivity index (χ4v) is 1.41. The van der Waals surface area contributed by atoms with Crippen molar-refractivity contribution in [2.45, 2.75) is 13.3 Å². The number of hydrogen-bond donors (Lipinski definition) is 0. The fraction of sp³-hybridized carbons (Fsp3) is 0.250. The van der Waals surface area contributed by atoms with Gasteiger partial charge in [0.15, 0.2) is 5.69 Å². The van der Waals surface area contributed by atoms with E-state index in [1.807, 2.05) is 0 Å². The number of nitrogens with zero attached hydrogens (tertiary/aromatic N) is 2. The van der Waals surface area contributed by atoms with Gasteiger partial charge < -0.3 is 0 Å². The molecule has 0 unspecified atom stereocenters. The van der Waals surface area contributed by atoms with Gasteiger partial charge in [0.25, 0.3) is 6.43 Å². The van der Waals surface area contributed by atoms with Gasteiger partial charge in [-0.25, -0.2) is 13.8 Å². The molecule has 1 rings (SSSR count). The molecule has 0 aromatic carbocycles. The van der Waals surface area contributed by atoms with E-state index in [4.69, 9.17) is 5.26 Å². The maximum Gasteiger partial charge on any atom is 0.280 e. The maximum atomic E-state index is 12.3. The predicted molar refractivity (Wildman–Crippen MR) is 46.3 cm³/mol. The minimum Gasteiger partial charge on any atom is -0.235 e. The minimum atomic E-state index is -2.64. The molecule has 0 amide bonds. The van der Waals surface area contributed by atoms with Crippen molar-refractivity contribution in [3.05, 3.63) is 27.5 Å². The Kier molecular flexibility index (Phi) is 2.94. The van der Waals surface area contributed by atoms with Crippen LogP contribution in [-0.4, -0.2) is 4.98 Å². The van der Waals surface area contributed by atoms with E-state index in [9.17, 15) is 8.78 Å². The van der Waals surface area contributed by atoms with E-state index in [-0.39, 0.29) is 11.4 Å². The largest absolute Gasteiger partial charge is 0.280 e. The predicted octanol–water partition coefficient (Wildman–Crippen LogP) is 2.96. The topological polar surface area (TPSA) is 36.7 Å². The summed E-state index contributed by atoms with van der Waals surface area (Å²) in [5.41, 5.74) is 0.0292. The first-order valence-corrected chi connectivity index (χ1v) is 4.21. The van der Waals surface area contributed by atoms with Gasteiger partial charge in [0.2, 0.25) is 0 Å². The van der Waals surface area contributed by atoms with Crippen molar-refractivity contribution in [1.29, 1.82) is 5.26 Å². The van der Waals surface area contributed by atoms with Gasteiger partial charge in [-0.05, 0) is 34.5 Å².